The smallest absolute Gasteiger partial charge is 0.118 e. The van der Waals surface area contributed by atoms with Crippen LogP contribution in [-0.4, -0.2) is 16.8 Å². The molecule has 1 aromatic rings. The highest BCUT2D eigenvalue weighted by Crippen LogP contribution is 2.24. The summed E-state index contributed by atoms with van der Waals surface area (Å²) in [7, 11) is 0. The van der Waals surface area contributed by atoms with E-state index in [2.05, 4.69) is 0 Å². The molecule has 13 heavy (non-hydrogen) atoms. The van der Waals surface area contributed by atoms with E-state index in [-0.39, 0.29) is 18.4 Å². The fraction of sp³-hybridized carbons (Fsp3) is 0.400. The van der Waals surface area contributed by atoms with E-state index in [4.69, 9.17) is 10.8 Å². The van der Waals surface area contributed by atoms with E-state index < -0.39 is 0 Å². The van der Waals surface area contributed by atoms with Crippen molar-refractivity contribution in [3.8, 4) is 5.75 Å². The number of aliphatic hydroxyl groups excluding tert-OH is 1. The summed E-state index contributed by atoms with van der Waals surface area (Å²) in [6.07, 6.45) is 0. The van der Waals surface area contributed by atoms with E-state index in [1.54, 1.807) is 6.07 Å². The molecule has 3 nitrogen and oxygen atoms in total. The lowest BCUT2D eigenvalue weighted by molar-refractivity contribution is 0.267. The van der Waals surface area contributed by atoms with Crippen LogP contribution in [0.15, 0.2) is 12.1 Å². The van der Waals surface area contributed by atoms with Gasteiger partial charge in [-0.3, -0.25) is 0 Å². The number of hydrogen-bond donors (Lipinski definition) is 3. The molecule has 0 amide bonds. The summed E-state index contributed by atoms with van der Waals surface area (Å²) in [4.78, 5) is 0. The van der Waals surface area contributed by atoms with Gasteiger partial charge in [0.25, 0.3) is 0 Å². The van der Waals surface area contributed by atoms with Gasteiger partial charge in [-0.2, -0.15) is 0 Å². The lowest BCUT2D eigenvalue weighted by Gasteiger charge is -2.13. The normalized spacial score (nSPS) is 12.9. The van der Waals surface area contributed by atoms with E-state index in [0.717, 1.165) is 16.7 Å². The van der Waals surface area contributed by atoms with Crippen LogP contribution in [0.3, 0.4) is 0 Å². The maximum atomic E-state index is 9.38. The molecule has 0 aliphatic rings. The third-order valence-electron chi connectivity index (χ3n) is 2.18. The van der Waals surface area contributed by atoms with Gasteiger partial charge in [0.2, 0.25) is 0 Å². The minimum absolute atomic E-state index is 0.0783. The van der Waals surface area contributed by atoms with Gasteiger partial charge in [-0.05, 0) is 36.6 Å². The minimum Gasteiger partial charge on any atom is -0.508 e. The van der Waals surface area contributed by atoms with Crippen LogP contribution in [0.1, 0.15) is 22.7 Å². The summed E-state index contributed by atoms with van der Waals surface area (Å²) in [5, 5.41) is 18.3. The van der Waals surface area contributed by atoms with E-state index in [9.17, 15) is 5.11 Å². The number of hydrogen-bond acceptors (Lipinski definition) is 3. The van der Waals surface area contributed by atoms with Gasteiger partial charge in [-0.25, -0.2) is 0 Å². The zero-order valence-electron chi connectivity index (χ0n) is 7.91. The fourth-order valence-electron chi connectivity index (χ4n) is 1.32. The Labute approximate surface area is 77.8 Å². The van der Waals surface area contributed by atoms with E-state index in [0.29, 0.717) is 0 Å². The molecular formula is C10H15NO2. The van der Waals surface area contributed by atoms with Crippen molar-refractivity contribution in [3.63, 3.8) is 0 Å². The average molecular weight is 181 g/mol. The summed E-state index contributed by atoms with van der Waals surface area (Å²) < 4.78 is 0. The van der Waals surface area contributed by atoms with Crippen molar-refractivity contribution in [1.82, 2.24) is 0 Å². The first-order chi connectivity index (χ1) is 6.06. The molecule has 72 valence electrons. The first kappa shape index (κ1) is 10.0. The van der Waals surface area contributed by atoms with Crippen molar-refractivity contribution in [3.05, 3.63) is 28.8 Å². The fourth-order valence-corrected chi connectivity index (χ4v) is 1.32. The standard InChI is InChI=1S/C10H15NO2/c1-6-4-10(13)7(2)3-8(6)9(11)5-12/h3-4,9,12-13H,5,11H2,1-2H3. The third kappa shape index (κ3) is 1.99. The molecule has 0 bridgehead atoms. The molecule has 0 aliphatic heterocycles. The number of benzene rings is 1. The van der Waals surface area contributed by atoms with Crippen LogP contribution in [-0.2, 0) is 0 Å². The number of phenols is 1. The second kappa shape index (κ2) is 3.77. The predicted octanol–water partition coefficient (Wildman–Crippen LogP) is 1.00. The molecule has 0 radical (unpaired) electrons. The summed E-state index contributed by atoms with van der Waals surface area (Å²) in [5.74, 6) is 0.270. The summed E-state index contributed by atoms with van der Waals surface area (Å²) >= 11 is 0. The summed E-state index contributed by atoms with van der Waals surface area (Å²) in [6.45, 7) is 3.59. The van der Waals surface area contributed by atoms with Crippen molar-refractivity contribution in [2.24, 2.45) is 5.73 Å². The van der Waals surface area contributed by atoms with Gasteiger partial charge in [-0.1, -0.05) is 6.07 Å². The second-order valence-corrected chi connectivity index (χ2v) is 3.28. The minimum atomic E-state index is -0.362. The van der Waals surface area contributed by atoms with Crippen molar-refractivity contribution < 1.29 is 10.2 Å². The first-order valence-corrected chi connectivity index (χ1v) is 4.22. The SMILES string of the molecule is Cc1cc(C(N)CO)c(C)cc1O. The highest BCUT2D eigenvalue weighted by Gasteiger charge is 2.09. The number of aliphatic hydroxyl groups is 1. The van der Waals surface area contributed by atoms with Crippen LogP contribution < -0.4 is 5.73 Å². The topological polar surface area (TPSA) is 66.5 Å². The Balaban J connectivity index is 3.15. The lowest BCUT2D eigenvalue weighted by atomic mass is 9.99. The highest BCUT2D eigenvalue weighted by molar-refractivity contribution is 5.41. The van der Waals surface area contributed by atoms with Crippen molar-refractivity contribution >= 4 is 0 Å². The maximum absolute atomic E-state index is 9.38. The molecule has 0 spiro atoms. The van der Waals surface area contributed by atoms with Crippen LogP contribution in [0.25, 0.3) is 0 Å². The molecule has 0 saturated carbocycles. The Bertz CT molecular complexity index is 310. The maximum Gasteiger partial charge on any atom is 0.118 e. The molecule has 4 N–H and O–H groups in total. The second-order valence-electron chi connectivity index (χ2n) is 3.28. The lowest BCUT2D eigenvalue weighted by Crippen LogP contribution is -2.15. The summed E-state index contributed by atoms with van der Waals surface area (Å²) in [6, 6.07) is 3.12. The van der Waals surface area contributed by atoms with Crippen molar-refractivity contribution in [1.29, 1.82) is 0 Å². The third-order valence-corrected chi connectivity index (χ3v) is 2.18. The van der Waals surface area contributed by atoms with Crippen molar-refractivity contribution in [2.45, 2.75) is 19.9 Å². The Morgan fingerprint density at radius 1 is 1.31 bits per heavy atom. The summed E-state index contributed by atoms with van der Waals surface area (Å²) in [5.41, 5.74) is 8.26. The Kier molecular flexibility index (Phi) is 2.90. The van der Waals surface area contributed by atoms with Gasteiger partial charge in [0.1, 0.15) is 5.75 Å². The van der Waals surface area contributed by atoms with Crippen LogP contribution in [0, 0.1) is 13.8 Å². The molecule has 1 unspecified atom stereocenters. The van der Waals surface area contributed by atoms with Crippen molar-refractivity contribution in [2.75, 3.05) is 6.61 Å². The van der Waals surface area contributed by atoms with Crippen LogP contribution in [0.5, 0.6) is 5.75 Å². The zero-order chi connectivity index (χ0) is 10.0. The highest BCUT2D eigenvalue weighted by atomic mass is 16.3. The molecule has 1 aromatic carbocycles. The van der Waals surface area contributed by atoms with Gasteiger partial charge in [-0.15, -0.1) is 0 Å². The largest absolute Gasteiger partial charge is 0.508 e. The molecule has 0 fully saturated rings. The monoisotopic (exact) mass is 181 g/mol. The molecular weight excluding hydrogens is 166 g/mol. The number of nitrogens with two attached hydrogens (primary N) is 1. The number of rotatable bonds is 2. The predicted molar refractivity (Wildman–Crippen MR) is 51.6 cm³/mol. The average Bonchev–Trinajstić information content (AvgIpc) is 2.10. The van der Waals surface area contributed by atoms with Crippen LogP contribution in [0.4, 0.5) is 0 Å². The van der Waals surface area contributed by atoms with E-state index in [1.165, 1.54) is 0 Å². The number of aromatic hydroxyl groups is 1. The quantitative estimate of drug-likeness (QED) is 0.637. The molecule has 0 aromatic heterocycles. The molecule has 3 heteroatoms. The van der Waals surface area contributed by atoms with Crippen LogP contribution in [0.2, 0.25) is 0 Å². The van der Waals surface area contributed by atoms with Gasteiger partial charge in [0, 0.05) is 0 Å². The first-order valence-electron chi connectivity index (χ1n) is 4.22. The number of phenolic OH excluding ortho intramolecular Hbond substituents is 1. The van der Waals surface area contributed by atoms with E-state index >= 15 is 0 Å². The van der Waals surface area contributed by atoms with Gasteiger partial charge in [0.05, 0.1) is 12.6 Å². The zero-order valence-corrected chi connectivity index (χ0v) is 7.91. The molecule has 0 heterocycles. The molecule has 1 rings (SSSR count). The van der Waals surface area contributed by atoms with Crippen LogP contribution >= 0.6 is 0 Å². The number of aryl methyl sites for hydroxylation is 2. The molecule has 1 atom stereocenters. The Morgan fingerprint density at radius 3 is 2.46 bits per heavy atom. The van der Waals surface area contributed by atoms with E-state index in [1.807, 2.05) is 19.9 Å². The van der Waals surface area contributed by atoms with Gasteiger partial charge in [0.15, 0.2) is 0 Å². The molecule has 0 saturated heterocycles. The van der Waals surface area contributed by atoms with Gasteiger partial charge < -0.3 is 15.9 Å². The Hall–Kier alpha value is -1.06. The molecule has 0 aliphatic carbocycles. The Morgan fingerprint density at radius 2 is 1.92 bits per heavy atom. The van der Waals surface area contributed by atoms with Gasteiger partial charge >= 0.3 is 0 Å².